The number of hydrogen-bond acceptors (Lipinski definition) is 4. The van der Waals surface area contributed by atoms with E-state index in [0.717, 1.165) is 5.56 Å². The number of nitrogens with one attached hydrogen (secondary N) is 1. The molecular formula is C17H27NO4S. The van der Waals surface area contributed by atoms with Gasteiger partial charge in [-0.2, -0.15) is 0 Å². The Balaban J connectivity index is 0.00000529. The van der Waals surface area contributed by atoms with Gasteiger partial charge in [0, 0.05) is 19.7 Å². The fourth-order valence-electron chi connectivity index (χ4n) is 1.93. The Kier molecular flexibility index (Phi) is 6.94. The highest BCUT2D eigenvalue weighted by molar-refractivity contribution is 7.90. The number of ketones is 1. The largest absolute Gasteiger partial charge is 0.299 e. The van der Waals surface area contributed by atoms with Gasteiger partial charge in [-0.15, -0.1) is 0 Å². The summed E-state index contributed by atoms with van der Waals surface area (Å²) in [6.07, 6.45) is 1.79. The van der Waals surface area contributed by atoms with E-state index in [4.69, 9.17) is 0 Å². The number of amides is 1. The third-order valence-electron chi connectivity index (χ3n) is 3.50. The van der Waals surface area contributed by atoms with Crippen molar-refractivity contribution >= 4 is 21.7 Å². The molecule has 0 saturated heterocycles. The summed E-state index contributed by atoms with van der Waals surface area (Å²) in [7, 11) is -3.85. The second kappa shape index (κ2) is 8.24. The van der Waals surface area contributed by atoms with Crippen LogP contribution in [0, 0.1) is 11.8 Å². The number of carbonyl (C=O) groups excluding carboxylic acids is 2. The van der Waals surface area contributed by atoms with Gasteiger partial charge in [0.2, 0.25) is 5.91 Å². The zero-order valence-corrected chi connectivity index (χ0v) is 14.9. The number of carbonyl (C=O) groups is 2. The summed E-state index contributed by atoms with van der Waals surface area (Å²) in [5.41, 5.74) is 0.835. The average molecular weight is 341 g/mol. The Morgan fingerprint density at radius 2 is 1.78 bits per heavy atom. The number of hydrogen-bond donors (Lipinski definition) is 1. The maximum atomic E-state index is 12.2. The maximum Gasteiger partial charge on any atom is 0.264 e. The van der Waals surface area contributed by atoms with Crippen LogP contribution in [0.15, 0.2) is 29.2 Å². The molecule has 0 aliphatic heterocycles. The molecule has 0 spiro atoms. The molecule has 0 atom stereocenters. The van der Waals surface area contributed by atoms with Gasteiger partial charge in [0.15, 0.2) is 0 Å². The summed E-state index contributed by atoms with van der Waals surface area (Å²) in [5.74, 6) is -0.709. The predicted molar refractivity (Wildman–Crippen MR) is 91.5 cm³/mol. The molecule has 1 N–H and O–H groups in total. The minimum atomic E-state index is -3.85. The van der Waals surface area contributed by atoms with Gasteiger partial charge in [-0.05, 0) is 30.5 Å². The van der Waals surface area contributed by atoms with E-state index in [1.54, 1.807) is 26.0 Å². The van der Waals surface area contributed by atoms with Crippen molar-refractivity contribution in [2.24, 2.45) is 11.8 Å². The van der Waals surface area contributed by atoms with Crippen molar-refractivity contribution in [3.05, 3.63) is 29.8 Å². The van der Waals surface area contributed by atoms with Crippen molar-refractivity contribution in [2.45, 2.75) is 51.9 Å². The zero-order chi connectivity index (χ0) is 17.6. The molecule has 130 valence electrons. The number of rotatable bonds is 8. The van der Waals surface area contributed by atoms with Crippen LogP contribution in [-0.4, -0.2) is 20.1 Å². The molecule has 0 aromatic heterocycles. The fraction of sp³-hybridized carbons (Fsp3) is 0.529. The van der Waals surface area contributed by atoms with Gasteiger partial charge in [0.05, 0.1) is 4.90 Å². The Morgan fingerprint density at radius 3 is 2.35 bits per heavy atom. The summed E-state index contributed by atoms with van der Waals surface area (Å²) >= 11 is 0. The first-order valence-electron chi connectivity index (χ1n) is 7.82. The Morgan fingerprint density at radius 1 is 1.13 bits per heavy atom. The lowest BCUT2D eigenvalue weighted by atomic mass is 10.0. The third kappa shape index (κ3) is 6.14. The molecule has 0 heterocycles. The van der Waals surface area contributed by atoms with Crippen molar-refractivity contribution in [2.75, 3.05) is 0 Å². The van der Waals surface area contributed by atoms with Gasteiger partial charge in [-0.3, -0.25) is 9.59 Å². The van der Waals surface area contributed by atoms with Gasteiger partial charge in [-0.1, -0.05) is 39.8 Å². The van der Waals surface area contributed by atoms with Crippen molar-refractivity contribution in [3.8, 4) is 0 Å². The Hall–Kier alpha value is -1.69. The molecule has 1 aromatic rings. The standard InChI is InChI=1S/C17H25NO4S.H2/c1-12(2)16(19)10-6-8-14-7-5-9-15(11-14)23(21,22)18-17(20)13(3)4;/h5,7,9,11-13H,6,8,10H2,1-4H3,(H,18,20);1H. The van der Waals surface area contributed by atoms with Crippen LogP contribution in [-0.2, 0) is 26.0 Å². The summed E-state index contributed by atoms with van der Waals surface area (Å²) in [4.78, 5) is 23.3. The molecule has 0 saturated carbocycles. The topological polar surface area (TPSA) is 80.3 Å². The number of Topliss-reactive ketones (excluding diaryl/α,β-unsaturated/α-hetero) is 1. The summed E-state index contributed by atoms with van der Waals surface area (Å²) < 4.78 is 26.4. The average Bonchev–Trinajstić information content (AvgIpc) is 2.46. The zero-order valence-electron chi connectivity index (χ0n) is 14.1. The smallest absolute Gasteiger partial charge is 0.264 e. The maximum absolute atomic E-state index is 12.2. The minimum absolute atomic E-state index is 0. The highest BCUT2D eigenvalue weighted by atomic mass is 32.2. The lowest BCUT2D eigenvalue weighted by Crippen LogP contribution is -2.33. The van der Waals surface area contributed by atoms with Crippen LogP contribution >= 0.6 is 0 Å². The second-order valence-corrected chi connectivity index (χ2v) is 7.93. The van der Waals surface area contributed by atoms with Crippen molar-refractivity contribution < 1.29 is 19.4 Å². The van der Waals surface area contributed by atoms with Crippen LogP contribution in [0.25, 0.3) is 0 Å². The lowest BCUT2D eigenvalue weighted by Gasteiger charge is -2.10. The summed E-state index contributed by atoms with van der Waals surface area (Å²) in [6, 6.07) is 6.48. The molecule has 1 aromatic carbocycles. The quantitative estimate of drug-likeness (QED) is 0.788. The molecule has 0 bridgehead atoms. The van der Waals surface area contributed by atoms with Gasteiger partial charge >= 0.3 is 0 Å². The molecule has 1 amide bonds. The first kappa shape index (κ1) is 19.4. The van der Waals surface area contributed by atoms with E-state index >= 15 is 0 Å². The summed E-state index contributed by atoms with van der Waals surface area (Å²) in [6.45, 7) is 7.00. The molecule has 0 unspecified atom stereocenters. The van der Waals surface area contributed by atoms with Crippen LogP contribution in [0.3, 0.4) is 0 Å². The Bertz CT molecular complexity index is 669. The molecule has 23 heavy (non-hydrogen) atoms. The molecule has 0 aliphatic rings. The van der Waals surface area contributed by atoms with Crippen LogP contribution < -0.4 is 4.72 Å². The molecule has 0 fully saturated rings. The number of aryl methyl sites for hydroxylation is 1. The third-order valence-corrected chi connectivity index (χ3v) is 4.85. The van der Waals surface area contributed by atoms with Gasteiger partial charge in [0.1, 0.15) is 5.78 Å². The van der Waals surface area contributed by atoms with E-state index in [-0.39, 0.29) is 18.0 Å². The minimum Gasteiger partial charge on any atom is -0.299 e. The molecule has 5 nitrogen and oxygen atoms in total. The van der Waals surface area contributed by atoms with Crippen molar-refractivity contribution in [1.29, 1.82) is 0 Å². The predicted octanol–water partition coefficient (Wildman–Crippen LogP) is 2.94. The number of sulfonamides is 1. The fourth-order valence-corrected chi connectivity index (χ4v) is 3.12. The van der Waals surface area contributed by atoms with E-state index < -0.39 is 21.8 Å². The van der Waals surface area contributed by atoms with Crippen LogP contribution in [0.2, 0.25) is 0 Å². The van der Waals surface area contributed by atoms with E-state index in [9.17, 15) is 18.0 Å². The monoisotopic (exact) mass is 341 g/mol. The Labute approximate surface area is 140 Å². The van der Waals surface area contributed by atoms with E-state index in [1.165, 1.54) is 6.07 Å². The summed E-state index contributed by atoms with van der Waals surface area (Å²) in [5, 5.41) is 0. The normalized spacial score (nSPS) is 11.7. The number of benzene rings is 1. The highest BCUT2D eigenvalue weighted by Gasteiger charge is 2.19. The van der Waals surface area contributed by atoms with Crippen LogP contribution in [0.4, 0.5) is 0 Å². The SMILES string of the molecule is CC(C)C(=O)CCCc1cccc(S(=O)(=O)NC(=O)C(C)C)c1.[HH]. The molecule has 0 aliphatic carbocycles. The first-order chi connectivity index (χ1) is 10.6. The van der Waals surface area contributed by atoms with Gasteiger partial charge in [0.25, 0.3) is 10.0 Å². The van der Waals surface area contributed by atoms with Crippen LogP contribution in [0.5, 0.6) is 0 Å². The van der Waals surface area contributed by atoms with E-state index in [1.807, 2.05) is 19.9 Å². The van der Waals surface area contributed by atoms with Crippen LogP contribution in [0.1, 0.15) is 47.5 Å². The lowest BCUT2D eigenvalue weighted by molar-refractivity contribution is -0.122. The highest BCUT2D eigenvalue weighted by Crippen LogP contribution is 2.15. The van der Waals surface area contributed by atoms with Crippen molar-refractivity contribution in [3.63, 3.8) is 0 Å². The molecular weight excluding hydrogens is 314 g/mol. The van der Waals surface area contributed by atoms with Gasteiger partial charge < -0.3 is 0 Å². The first-order valence-corrected chi connectivity index (χ1v) is 9.30. The molecule has 0 radical (unpaired) electrons. The van der Waals surface area contributed by atoms with E-state index in [0.29, 0.717) is 19.3 Å². The molecule has 6 heteroatoms. The van der Waals surface area contributed by atoms with Gasteiger partial charge in [-0.25, -0.2) is 13.1 Å². The van der Waals surface area contributed by atoms with Crippen molar-refractivity contribution in [1.82, 2.24) is 4.72 Å². The van der Waals surface area contributed by atoms with E-state index in [2.05, 4.69) is 4.72 Å². The second-order valence-electron chi connectivity index (χ2n) is 6.25. The molecule has 1 rings (SSSR count).